The van der Waals surface area contributed by atoms with Gasteiger partial charge in [0.25, 0.3) is 0 Å². The third-order valence-electron chi connectivity index (χ3n) is 3.18. The minimum absolute atomic E-state index is 0.109. The van der Waals surface area contributed by atoms with E-state index >= 15 is 0 Å². The van der Waals surface area contributed by atoms with Crippen molar-refractivity contribution >= 4 is 23.4 Å². The SMILES string of the molecule is O[C@H]1CCC[C@@H]1n1cnc2c(=S)nc[nH]c21. The highest BCUT2D eigenvalue weighted by Gasteiger charge is 2.28. The fourth-order valence-corrected chi connectivity index (χ4v) is 2.57. The lowest BCUT2D eigenvalue weighted by atomic mass is 10.2. The Labute approximate surface area is 97.2 Å². The highest BCUT2D eigenvalue weighted by Crippen LogP contribution is 2.31. The van der Waals surface area contributed by atoms with Crippen LogP contribution in [-0.4, -0.2) is 30.7 Å². The second-order valence-corrected chi connectivity index (χ2v) is 4.51. The molecule has 5 nitrogen and oxygen atoms in total. The molecule has 1 saturated carbocycles. The quantitative estimate of drug-likeness (QED) is 0.738. The molecule has 0 spiro atoms. The largest absolute Gasteiger partial charge is 0.391 e. The van der Waals surface area contributed by atoms with E-state index in [4.69, 9.17) is 12.2 Å². The van der Waals surface area contributed by atoms with Crippen LogP contribution in [-0.2, 0) is 0 Å². The number of rotatable bonds is 1. The van der Waals surface area contributed by atoms with Gasteiger partial charge in [0.1, 0.15) is 11.2 Å². The molecule has 84 valence electrons. The number of aromatic amines is 1. The summed E-state index contributed by atoms with van der Waals surface area (Å²) < 4.78 is 2.48. The molecule has 0 aliphatic heterocycles. The monoisotopic (exact) mass is 236 g/mol. The minimum Gasteiger partial charge on any atom is -0.391 e. The van der Waals surface area contributed by atoms with Crippen LogP contribution in [0.2, 0.25) is 0 Å². The van der Waals surface area contributed by atoms with Crippen molar-refractivity contribution in [3.8, 4) is 0 Å². The molecule has 3 rings (SSSR count). The molecule has 16 heavy (non-hydrogen) atoms. The van der Waals surface area contributed by atoms with Gasteiger partial charge >= 0.3 is 0 Å². The molecule has 0 amide bonds. The van der Waals surface area contributed by atoms with E-state index in [9.17, 15) is 5.11 Å². The lowest BCUT2D eigenvalue weighted by Gasteiger charge is -2.16. The van der Waals surface area contributed by atoms with Crippen molar-refractivity contribution in [2.24, 2.45) is 0 Å². The van der Waals surface area contributed by atoms with Gasteiger partial charge in [0.2, 0.25) is 0 Å². The lowest BCUT2D eigenvalue weighted by Crippen LogP contribution is -2.17. The number of H-pyrrole nitrogens is 1. The van der Waals surface area contributed by atoms with Crippen molar-refractivity contribution in [1.82, 2.24) is 19.5 Å². The fourth-order valence-electron chi connectivity index (χ4n) is 2.37. The molecular formula is C10H12N4OS. The second-order valence-electron chi connectivity index (χ2n) is 4.12. The summed E-state index contributed by atoms with van der Waals surface area (Å²) in [6, 6.07) is 0.109. The van der Waals surface area contributed by atoms with Crippen LogP contribution in [0.15, 0.2) is 12.7 Å². The summed E-state index contributed by atoms with van der Waals surface area (Å²) in [5, 5.41) is 9.89. The molecule has 2 N–H and O–H groups in total. The van der Waals surface area contributed by atoms with Crippen LogP contribution in [0.5, 0.6) is 0 Å². The van der Waals surface area contributed by atoms with Crippen LogP contribution in [0.4, 0.5) is 0 Å². The summed E-state index contributed by atoms with van der Waals surface area (Å²) in [6.07, 6.45) is 5.91. The third kappa shape index (κ3) is 1.37. The van der Waals surface area contributed by atoms with Crippen molar-refractivity contribution in [1.29, 1.82) is 0 Å². The Kier molecular flexibility index (Phi) is 2.26. The molecular weight excluding hydrogens is 224 g/mol. The molecule has 2 heterocycles. The van der Waals surface area contributed by atoms with Gasteiger partial charge in [-0.15, -0.1) is 0 Å². The van der Waals surface area contributed by atoms with Gasteiger partial charge in [-0.25, -0.2) is 9.97 Å². The molecule has 0 saturated heterocycles. The van der Waals surface area contributed by atoms with Crippen molar-refractivity contribution in [3.05, 3.63) is 17.3 Å². The van der Waals surface area contributed by atoms with Gasteiger partial charge in [-0.2, -0.15) is 0 Å². The maximum absolute atomic E-state index is 9.89. The molecule has 0 bridgehead atoms. The van der Waals surface area contributed by atoms with E-state index in [2.05, 4.69) is 15.0 Å². The molecule has 1 aliphatic carbocycles. The highest BCUT2D eigenvalue weighted by molar-refractivity contribution is 7.71. The number of nitrogens with zero attached hydrogens (tertiary/aromatic N) is 3. The summed E-state index contributed by atoms with van der Waals surface area (Å²) >= 11 is 5.10. The number of nitrogens with one attached hydrogen (secondary N) is 1. The first-order valence-corrected chi connectivity index (χ1v) is 5.76. The van der Waals surface area contributed by atoms with E-state index in [1.54, 1.807) is 12.7 Å². The lowest BCUT2D eigenvalue weighted by molar-refractivity contribution is 0.138. The first-order chi connectivity index (χ1) is 7.77. The summed E-state index contributed by atoms with van der Waals surface area (Å²) in [7, 11) is 0. The van der Waals surface area contributed by atoms with Crippen molar-refractivity contribution in [2.45, 2.75) is 31.4 Å². The zero-order chi connectivity index (χ0) is 11.1. The Morgan fingerprint density at radius 2 is 2.31 bits per heavy atom. The third-order valence-corrected chi connectivity index (χ3v) is 3.48. The Morgan fingerprint density at radius 1 is 1.44 bits per heavy atom. The van der Waals surface area contributed by atoms with Crippen LogP contribution in [0.3, 0.4) is 0 Å². The topological polar surface area (TPSA) is 66.7 Å². The van der Waals surface area contributed by atoms with Gasteiger partial charge in [0.15, 0.2) is 4.64 Å². The van der Waals surface area contributed by atoms with Crippen LogP contribution in [0, 0.1) is 4.64 Å². The summed E-state index contributed by atoms with van der Waals surface area (Å²) in [6.45, 7) is 0. The van der Waals surface area contributed by atoms with Crippen LogP contribution in [0.25, 0.3) is 11.2 Å². The molecule has 6 heteroatoms. The van der Waals surface area contributed by atoms with Gasteiger partial charge in [-0.05, 0) is 19.3 Å². The smallest absolute Gasteiger partial charge is 0.157 e. The van der Waals surface area contributed by atoms with E-state index in [1.807, 2.05) is 4.57 Å². The first kappa shape index (κ1) is 9.92. The van der Waals surface area contributed by atoms with E-state index in [1.165, 1.54) is 0 Å². The van der Waals surface area contributed by atoms with Crippen LogP contribution in [0.1, 0.15) is 25.3 Å². The van der Waals surface area contributed by atoms with E-state index < -0.39 is 0 Å². The fraction of sp³-hybridized carbons (Fsp3) is 0.500. The van der Waals surface area contributed by atoms with Crippen molar-refractivity contribution in [2.75, 3.05) is 0 Å². The number of aliphatic hydroxyl groups excluding tert-OH is 1. The molecule has 0 radical (unpaired) electrons. The second kappa shape index (κ2) is 3.64. The van der Waals surface area contributed by atoms with Gasteiger partial charge in [-0.1, -0.05) is 12.2 Å². The number of imidazole rings is 1. The first-order valence-electron chi connectivity index (χ1n) is 5.35. The van der Waals surface area contributed by atoms with E-state index in [0.29, 0.717) is 10.2 Å². The Hall–Kier alpha value is -1.27. The molecule has 2 aromatic heterocycles. The summed E-state index contributed by atoms with van der Waals surface area (Å²) in [5.74, 6) is 0. The summed E-state index contributed by atoms with van der Waals surface area (Å²) in [5.41, 5.74) is 1.56. The Balaban J connectivity index is 2.18. The average molecular weight is 236 g/mol. The van der Waals surface area contributed by atoms with Gasteiger partial charge < -0.3 is 14.7 Å². The van der Waals surface area contributed by atoms with E-state index in [0.717, 1.165) is 24.9 Å². The number of aromatic nitrogens is 4. The normalized spacial score (nSPS) is 25.3. The van der Waals surface area contributed by atoms with Crippen LogP contribution >= 0.6 is 12.2 Å². The van der Waals surface area contributed by atoms with Crippen LogP contribution < -0.4 is 0 Å². The predicted octanol–water partition coefficient (Wildman–Crippen LogP) is 1.57. The summed E-state index contributed by atoms with van der Waals surface area (Å²) in [4.78, 5) is 11.3. The molecule has 2 aromatic rings. The van der Waals surface area contributed by atoms with Gasteiger partial charge in [0, 0.05) is 0 Å². The number of aliphatic hydroxyl groups is 1. The number of hydrogen-bond donors (Lipinski definition) is 2. The Bertz CT molecular complexity index is 575. The zero-order valence-corrected chi connectivity index (χ0v) is 9.44. The predicted molar refractivity (Wildman–Crippen MR) is 61.6 cm³/mol. The van der Waals surface area contributed by atoms with Gasteiger partial charge in [-0.3, -0.25) is 0 Å². The van der Waals surface area contributed by atoms with Crippen molar-refractivity contribution in [3.63, 3.8) is 0 Å². The number of fused-ring (bicyclic) bond motifs is 1. The molecule has 1 aliphatic rings. The van der Waals surface area contributed by atoms with Crippen molar-refractivity contribution < 1.29 is 5.11 Å². The molecule has 0 unspecified atom stereocenters. The maximum Gasteiger partial charge on any atom is 0.157 e. The highest BCUT2D eigenvalue weighted by atomic mass is 32.1. The maximum atomic E-state index is 9.89. The zero-order valence-electron chi connectivity index (χ0n) is 8.63. The Morgan fingerprint density at radius 3 is 3.06 bits per heavy atom. The number of hydrogen-bond acceptors (Lipinski definition) is 4. The standard InChI is InChI=1S/C10H12N4OS/c15-7-3-1-2-6(7)14-5-13-8-9(14)11-4-12-10(8)16/h4-7,15H,1-3H2,(H,11,12,16)/t6-,7-/m0/s1. The minimum atomic E-state index is -0.285. The molecule has 1 fully saturated rings. The molecule has 2 atom stereocenters. The van der Waals surface area contributed by atoms with Gasteiger partial charge in [0.05, 0.1) is 24.8 Å². The molecule has 0 aromatic carbocycles. The van der Waals surface area contributed by atoms with E-state index in [-0.39, 0.29) is 12.1 Å². The average Bonchev–Trinajstić information content (AvgIpc) is 2.84.